The summed E-state index contributed by atoms with van der Waals surface area (Å²) in [5.74, 6) is 0. The number of hydrogen-bond acceptors (Lipinski definition) is 2. The van der Waals surface area contributed by atoms with Gasteiger partial charge in [-0.15, -0.1) is 0 Å². The first-order valence-electron chi connectivity index (χ1n) is 2.63. The first-order chi connectivity index (χ1) is 3.85. The highest BCUT2D eigenvalue weighted by molar-refractivity contribution is 5.17. The van der Waals surface area contributed by atoms with Crippen LogP contribution in [0.2, 0.25) is 0 Å². The molecule has 8 heavy (non-hydrogen) atoms. The largest absolute Gasteiger partial charge is 0.380 e. The van der Waals surface area contributed by atoms with E-state index >= 15 is 0 Å². The van der Waals surface area contributed by atoms with E-state index in [1.165, 1.54) is 0 Å². The summed E-state index contributed by atoms with van der Waals surface area (Å²) >= 11 is 0. The van der Waals surface area contributed by atoms with Crippen LogP contribution < -0.4 is 5.32 Å². The lowest BCUT2D eigenvalue weighted by Crippen LogP contribution is -2.02. The molecule has 0 atom stereocenters. The number of hydrogen-bond donors (Lipinski definition) is 1. The standard InChI is InChI=1S/C6H10N2/c1-3-4-6(5-7)8-2/h4,8H,3H2,1-2H3. The first-order valence-corrected chi connectivity index (χ1v) is 2.63. The lowest BCUT2D eigenvalue weighted by molar-refractivity contribution is 1.01. The highest BCUT2D eigenvalue weighted by atomic mass is 14.8. The normalized spacial score (nSPS) is 10.4. The monoisotopic (exact) mass is 110 g/mol. The Morgan fingerprint density at radius 1 is 1.88 bits per heavy atom. The van der Waals surface area contributed by atoms with E-state index in [9.17, 15) is 0 Å². The Morgan fingerprint density at radius 2 is 2.50 bits per heavy atom. The van der Waals surface area contributed by atoms with Gasteiger partial charge in [-0.2, -0.15) is 5.26 Å². The molecule has 0 aliphatic rings. The maximum absolute atomic E-state index is 8.28. The number of nitriles is 1. The highest BCUT2D eigenvalue weighted by Crippen LogP contribution is 1.86. The van der Waals surface area contributed by atoms with E-state index < -0.39 is 0 Å². The smallest absolute Gasteiger partial charge is 0.117 e. The van der Waals surface area contributed by atoms with Crippen molar-refractivity contribution in [2.45, 2.75) is 13.3 Å². The summed E-state index contributed by atoms with van der Waals surface area (Å²) in [6, 6.07) is 2.00. The first kappa shape index (κ1) is 7.03. The molecule has 0 aliphatic carbocycles. The van der Waals surface area contributed by atoms with Gasteiger partial charge in [0, 0.05) is 7.05 Å². The van der Waals surface area contributed by atoms with Crippen LogP contribution in [0.15, 0.2) is 11.8 Å². The molecule has 0 rings (SSSR count). The van der Waals surface area contributed by atoms with Crippen molar-refractivity contribution in [3.63, 3.8) is 0 Å². The van der Waals surface area contributed by atoms with Crippen LogP contribution in [0.25, 0.3) is 0 Å². The topological polar surface area (TPSA) is 35.8 Å². The van der Waals surface area contributed by atoms with Crippen LogP contribution in [0.5, 0.6) is 0 Å². The fraction of sp³-hybridized carbons (Fsp3) is 0.500. The minimum Gasteiger partial charge on any atom is -0.380 e. The molecule has 0 unspecified atom stereocenters. The van der Waals surface area contributed by atoms with Gasteiger partial charge >= 0.3 is 0 Å². The van der Waals surface area contributed by atoms with E-state index in [1.807, 2.05) is 19.1 Å². The minimum atomic E-state index is 0.646. The van der Waals surface area contributed by atoms with Crippen LogP contribution in [0.4, 0.5) is 0 Å². The lowest BCUT2D eigenvalue weighted by atomic mass is 10.4. The summed E-state index contributed by atoms with van der Waals surface area (Å²) in [7, 11) is 1.74. The van der Waals surface area contributed by atoms with Crippen molar-refractivity contribution < 1.29 is 0 Å². The van der Waals surface area contributed by atoms with Gasteiger partial charge in [0.2, 0.25) is 0 Å². The molecule has 0 heterocycles. The van der Waals surface area contributed by atoms with Crippen molar-refractivity contribution >= 4 is 0 Å². The fourth-order valence-electron chi connectivity index (χ4n) is 0.408. The molecule has 0 fully saturated rings. The van der Waals surface area contributed by atoms with Gasteiger partial charge < -0.3 is 5.32 Å². The predicted molar refractivity (Wildman–Crippen MR) is 33.0 cm³/mol. The fourth-order valence-corrected chi connectivity index (χ4v) is 0.408. The molecule has 2 heteroatoms. The van der Waals surface area contributed by atoms with Gasteiger partial charge in [-0.3, -0.25) is 0 Å². The molecule has 0 saturated heterocycles. The summed E-state index contributed by atoms with van der Waals surface area (Å²) in [4.78, 5) is 0. The summed E-state index contributed by atoms with van der Waals surface area (Å²) in [5, 5.41) is 11.0. The van der Waals surface area contributed by atoms with E-state index in [4.69, 9.17) is 5.26 Å². The second-order valence-electron chi connectivity index (χ2n) is 1.39. The summed E-state index contributed by atoms with van der Waals surface area (Å²) < 4.78 is 0. The van der Waals surface area contributed by atoms with E-state index in [-0.39, 0.29) is 0 Å². The van der Waals surface area contributed by atoms with Crippen LogP contribution in [0.3, 0.4) is 0 Å². The Morgan fingerprint density at radius 3 is 2.62 bits per heavy atom. The zero-order chi connectivity index (χ0) is 6.41. The van der Waals surface area contributed by atoms with Crippen LogP contribution >= 0.6 is 0 Å². The average Bonchev–Trinajstić information content (AvgIpc) is 1.83. The molecule has 1 N–H and O–H groups in total. The molecule has 0 aromatic rings. The SMILES string of the molecule is CCC=C(C#N)NC. The molecule has 0 spiro atoms. The molecule has 2 nitrogen and oxygen atoms in total. The Kier molecular flexibility index (Phi) is 3.69. The third-order valence-corrected chi connectivity index (χ3v) is 0.798. The van der Waals surface area contributed by atoms with Gasteiger partial charge in [-0.1, -0.05) is 13.0 Å². The molecule has 0 radical (unpaired) electrons. The zero-order valence-electron chi connectivity index (χ0n) is 5.23. The van der Waals surface area contributed by atoms with Crippen molar-refractivity contribution in [1.82, 2.24) is 5.32 Å². The summed E-state index contributed by atoms with van der Waals surface area (Å²) in [6.07, 6.45) is 2.75. The zero-order valence-corrected chi connectivity index (χ0v) is 5.23. The van der Waals surface area contributed by atoms with Crippen molar-refractivity contribution in [2.24, 2.45) is 0 Å². The summed E-state index contributed by atoms with van der Waals surface area (Å²) in [5.41, 5.74) is 0.646. The molecular weight excluding hydrogens is 100 g/mol. The van der Waals surface area contributed by atoms with Crippen molar-refractivity contribution in [2.75, 3.05) is 7.05 Å². The third kappa shape index (κ3) is 2.25. The average molecular weight is 110 g/mol. The molecule has 0 aromatic carbocycles. The van der Waals surface area contributed by atoms with Crippen LogP contribution in [0, 0.1) is 11.3 Å². The van der Waals surface area contributed by atoms with Gasteiger partial charge in [0.25, 0.3) is 0 Å². The lowest BCUT2D eigenvalue weighted by Gasteiger charge is -1.90. The number of nitrogens with one attached hydrogen (secondary N) is 1. The predicted octanol–water partition coefficient (Wildman–Crippen LogP) is 1.02. The van der Waals surface area contributed by atoms with Gasteiger partial charge in [-0.05, 0) is 6.42 Å². The van der Waals surface area contributed by atoms with E-state index in [0.717, 1.165) is 6.42 Å². The molecular formula is C6H10N2. The number of nitrogens with zero attached hydrogens (tertiary/aromatic N) is 1. The van der Waals surface area contributed by atoms with Crippen LogP contribution in [-0.4, -0.2) is 7.05 Å². The van der Waals surface area contributed by atoms with Gasteiger partial charge in [0.15, 0.2) is 0 Å². The van der Waals surface area contributed by atoms with E-state index in [1.54, 1.807) is 7.05 Å². The maximum Gasteiger partial charge on any atom is 0.117 e. The molecule has 0 aromatic heterocycles. The van der Waals surface area contributed by atoms with Crippen molar-refractivity contribution in [3.05, 3.63) is 11.8 Å². The van der Waals surface area contributed by atoms with Crippen LogP contribution in [0.1, 0.15) is 13.3 Å². The van der Waals surface area contributed by atoms with Crippen molar-refractivity contribution in [1.29, 1.82) is 5.26 Å². The molecule has 0 saturated carbocycles. The minimum absolute atomic E-state index is 0.646. The van der Waals surface area contributed by atoms with Gasteiger partial charge in [0.1, 0.15) is 11.8 Å². The molecule has 44 valence electrons. The Hall–Kier alpha value is -0.970. The quantitative estimate of drug-likeness (QED) is 0.539. The number of rotatable bonds is 2. The van der Waals surface area contributed by atoms with Gasteiger partial charge in [-0.25, -0.2) is 0 Å². The summed E-state index contributed by atoms with van der Waals surface area (Å²) in [6.45, 7) is 1.99. The second kappa shape index (κ2) is 4.20. The maximum atomic E-state index is 8.28. The number of allylic oxidation sites excluding steroid dienone is 2. The molecule has 0 amide bonds. The second-order valence-corrected chi connectivity index (χ2v) is 1.39. The Labute approximate surface area is 49.8 Å². The Bertz CT molecular complexity index is 119. The Balaban J connectivity index is 3.72. The van der Waals surface area contributed by atoms with E-state index in [2.05, 4.69) is 5.32 Å². The van der Waals surface area contributed by atoms with Gasteiger partial charge in [0.05, 0.1) is 0 Å². The van der Waals surface area contributed by atoms with E-state index in [0.29, 0.717) is 5.70 Å². The highest BCUT2D eigenvalue weighted by Gasteiger charge is 1.82. The third-order valence-electron chi connectivity index (χ3n) is 0.798. The molecule has 0 aliphatic heterocycles. The van der Waals surface area contributed by atoms with Crippen LogP contribution in [-0.2, 0) is 0 Å². The van der Waals surface area contributed by atoms with Crippen molar-refractivity contribution in [3.8, 4) is 6.07 Å². The molecule has 0 bridgehead atoms.